The molecule has 0 radical (unpaired) electrons. The lowest BCUT2D eigenvalue weighted by Gasteiger charge is -2.20. The summed E-state index contributed by atoms with van der Waals surface area (Å²) in [7, 11) is 4.20. The number of aryl methyl sites for hydroxylation is 3. The second kappa shape index (κ2) is 8.12. The van der Waals surface area contributed by atoms with Crippen molar-refractivity contribution in [1.29, 1.82) is 0 Å². The van der Waals surface area contributed by atoms with E-state index in [1.165, 1.54) is 21.7 Å². The minimum Gasteiger partial charge on any atom is -0.317 e. The van der Waals surface area contributed by atoms with Crippen molar-refractivity contribution in [3.63, 3.8) is 0 Å². The van der Waals surface area contributed by atoms with E-state index in [1.54, 1.807) is 0 Å². The molecule has 0 amide bonds. The molecule has 3 heterocycles. The molecule has 0 fully saturated rings. The molecule has 4 heteroatoms. The molecule has 0 aliphatic rings. The summed E-state index contributed by atoms with van der Waals surface area (Å²) in [5, 5.41) is 3.67. The van der Waals surface area contributed by atoms with Gasteiger partial charge in [-0.25, -0.2) is 9.13 Å². The largest absolute Gasteiger partial charge is 0.375 e. The predicted octanol–water partition coefficient (Wildman–Crippen LogP) is 7.45. The zero-order valence-corrected chi connectivity index (χ0v) is 22.2. The second-order valence-electron chi connectivity index (χ2n) is 10.4. The Morgan fingerprint density at radius 2 is 1.39 bits per heavy atom. The van der Waals surface area contributed by atoms with Crippen molar-refractivity contribution < 1.29 is 7.31 Å². The topological polar surface area (TPSA) is 18.7 Å². The van der Waals surface area contributed by atoms with Crippen molar-refractivity contribution in [2.75, 3.05) is 0 Å². The van der Waals surface area contributed by atoms with Gasteiger partial charge in [-0.2, -0.15) is 4.57 Å². The highest BCUT2D eigenvalue weighted by molar-refractivity contribution is 6.21. The summed E-state index contributed by atoms with van der Waals surface area (Å²) >= 11 is 0. The van der Waals surface area contributed by atoms with E-state index in [1.807, 2.05) is 27.7 Å². The van der Waals surface area contributed by atoms with E-state index < -0.39 is 11.8 Å². The van der Waals surface area contributed by atoms with Gasteiger partial charge in [0.1, 0.15) is 17.4 Å². The third-order valence-corrected chi connectivity index (χ3v) is 7.44. The van der Waals surface area contributed by atoms with Crippen molar-refractivity contribution in [2.24, 2.45) is 14.1 Å². The summed E-state index contributed by atoms with van der Waals surface area (Å²) in [5.74, 6) is -0.744. The highest BCUT2D eigenvalue weighted by atomic mass is 15.3. The molecule has 6 aromatic rings. The second-order valence-corrected chi connectivity index (χ2v) is 10.4. The molecule has 0 aliphatic carbocycles. The van der Waals surface area contributed by atoms with E-state index in [9.17, 15) is 0 Å². The van der Waals surface area contributed by atoms with Crippen molar-refractivity contribution in [3.8, 4) is 11.6 Å². The Balaban J connectivity index is 1.82. The number of rotatable bonds is 4. The summed E-state index contributed by atoms with van der Waals surface area (Å²) < 4.78 is 27.1. The maximum Gasteiger partial charge on any atom is 0.375 e. The van der Waals surface area contributed by atoms with E-state index in [4.69, 9.17) is 2.74 Å². The van der Waals surface area contributed by atoms with Crippen molar-refractivity contribution in [3.05, 3.63) is 89.7 Å². The summed E-state index contributed by atoms with van der Waals surface area (Å²) in [4.78, 5) is 0. The highest BCUT2D eigenvalue weighted by Gasteiger charge is 2.31. The van der Waals surface area contributed by atoms with E-state index in [0.29, 0.717) is 0 Å². The van der Waals surface area contributed by atoms with Crippen LogP contribution in [0.25, 0.3) is 44.5 Å². The zero-order chi connectivity index (χ0) is 27.1. The number of aromatic nitrogens is 4. The first-order valence-electron chi connectivity index (χ1n) is 13.6. The van der Waals surface area contributed by atoms with Gasteiger partial charge in [-0.1, -0.05) is 81.8 Å². The average molecular weight is 478 g/mol. The molecule has 0 atom stereocenters. The van der Waals surface area contributed by atoms with Gasteiger partial charge in [-0.3, -0.25) is 0 Å². The Bertz CT molecular complexity index is 1830. The molecule has 182 valence electrons. The van der Waals surface area contributed by atoms with Crippen LogP contribution in [0.1, 0.15) is 58.9 Å². The monoisotopic (exact) mass is 477 g/mol. The Morgan fingerprint density at radius 3 is 2.00 bits per heavy atom. The first-order chi connectivity index (χ1) is 17.9. The Labute approximate surface area is 215 Å². The maximum atomic E-state index is 9.09. The minimum absolute atomic E-state index is 0.852. The molecule has 3 aromatic carbocycles. The number of hydrogen-bond acceptors (Lipinski definition) is 0. The molecule has 0 bridgehead atoms. The normalized spacial score (nSPS) is 13.6. The number of imidazole rings is 1. The molecule has 0 saturated carbocycles. The lowest BCUT2D eigenvalue weighted by atomic mass is 9.90. The van der Waals surface area contributed by atoms with Gasteiger partial charge in [0.15, 0.2) is 5.65 Å². The lowest BCUT2D eigenvalue weighted by molar-refractivity contribution is -0.664. The third kappa shape index (κ3) is 3.10. The number of hydrogen-bond donors (Lipinski definition) is 0. The smallest absolute Gasteiger partial charge is 0.317 e. The van der Waals surface area contributed by atoms with Gasteiger partial charge < -0.3 is 4.57 Å². The van der Waals surface area contributed by atoms with Crippen molar-refractivity contribution in [1.82, 2.24) is 13.7 Å². The first-order valence-corrected chi connectivity index (χ1v) is 12.6. The molecule has 0 N–H and O–H groups in total. The molecule has 0 aliphatic heterocycles. The van der Waals surface area contributed by atoms with Gasteiger partial charge in [-0.05, 0) is 42.0 Å². The van der Waals surface area contributed by atoms with Crippen LogP contribution in [-0.4, -0.2) is 13.7 Å². The fraction of sp³-hybridized carbons (Fsp3) is 0.281. The molecule has 6 rings (SSSR count). The van der Waals surface area contributed by atoms with Gasteiger partial charge >= 0.3 is 5.95 Å². The van der Waals surface area contributed by atoms with Crippen molar-refractivity contribution >= 4 is 32.8 Å². The number of para-hydroxylation sites is 2. The summed E-state index contributed by atoms with van der Waals surface area (Å²) in [6, 6.07) is 21.4. The SMILES string of the molecule is [2H]C(C)(C)c1cc(C)cc(C([2H])(C)C)c1-n1cc[n+](C)c1-n1c2ccccc2c2c3ccccc3n(C)c21. The Kier molecular flexibility index (Phi) is 4.61. The molecule has 4 nitrogen and oxygen atoms in total. The predicted molar refractivity (Wildman–Crippen MR) is 151 cm³/mol. The van der Waals surface area contributed by atoms with Gasteiger partial charge in [0.2, 0.25) is 0 Å². The lowest BCUT2D eigenvalue weighted by Crippen LogP contribution is -2.33. The van der Waals surface area contributed by atoms with Crippen LogP contribution in [0.2, 0.25) is 0 Å². The summed E-state index contributed by atoms with van der Waals surface area (Å²) in [6.45, 7) is 9.79. The maximum absolute atomic E-state index is 9.09. The van der Waals surface area contributed by atoms with Crippen LogP contribution < -0.4 is 4.57 Å². The van der Waals surface area contributed by atoms with Gasteiger partial charge in [0.05, 0.1) is 24.1 Å². The van der Waals surface area contributed by atoms with E-state index in [0.717, 1.165) is 39.5 Å². The van der Waals surface area contributed by atoms with Crippen LogP contribution in [0.3, 0.4) is 0 Å². The van der Waals surface area contributed by atoms with E-state index in [2.05, 4.69) is 112 Å². The molecule has 3 aromatic heterocycles. The van der Waals surface area contributed by atoms with Gasteiger partial charge in [0.25, 0.3) is 0 Å². The number of benzene rings is 3. The van der Waals surface area contributed by atoms with Crippen LogP contribution in [0.15, 0.2) is 73.1 Å². The standard InChI is InChI=1S/C32H35N4/c1-20(2)25-18-22(5)19-26(21(3)4)30(25)35-17-16-33(6)32(35)36-28-15-11-9-13-24(28)29-23-12-8-10-14-27(23)34(7)31(29)36/h8-21H,1-7H3/q+1/i20D,21D. The van der Waals surface area contributed by atoms with E-state index in [-0.39, 0.29) is 0 Å². The van der Waals surface area contributed by atoms with Crippen molar-refractivity contribution in [2.45, 2.75) is 46.4 Å². The van der Waals surface area contributed by atoms with Crippen LogP contribution >= 0.6 is 0 Å². The first kappa shape index (κ1) is 20.4. The molecule has 0 saturated heterocycles. The zero-order valence-electron chi connectivity index (χ0n) is 24.2. The Hall–Kier alpha value is -3.79. The average Bonchev–Trinajstić information content (AvgIpc) is 3.48. The summed E-state index contributed by atoms with van der Waals surface area (Å²) in [6.07, 6.45) is 4.15. The molecular formula is C32H35N4+. The minimum atomic E-state index is -0.852. The molecule has 36 heavy (non-hydrogen) atoms. The third-order valence-electron chi connectivity index (χ3n) is 7.44. The molecule has 0 unspecified atom stereocenters. The summed E-state index contributed by atoms with van der Waals surface area (Å²) in [5.41, 5.74) is 7.24. The number of nitrogens with zero attached hydrogens (tertiary/aromatic N) is 4. The van der Waals surface area contributed by atoms with Gasteiger partial charge in [-0.15, -0.1) is 0 Å². The van der Waals surface area contributed by atoms with E-state index >= 15 is 0 Å². The van der Waals surface area contributed by atoms with Crippen LogP contribution in [0.4, 0.5) is 0 Å². The quantitative estimate of drug-likeness (QED) is 0.235. The number of fused-ring (bicyclic) bond motifs is 5. The van der Waals surface area contributed by atoms with Crippen LogP contribution in [0, 0.1) is 6.92 Å². The van der Waals surface area contributed by atoms with Crippen LogP contribution in [0.5, 0.6) is 0 Å². The fourth-order valence-corrected chi connectivity index (χ4v) is 5.81. The Morgan fingerprint density at radius 1 is 0.833 bits per heavy atom. The van der Waals surface area contributed by atoms with Gasteiger partial charge in [0, 0.05) is 20.6 Å². The molecule has 0 spiro atoms. The molecular weight excluding hydrogens is 440 g/mol. The highest BCUT2D eigenvalue weighted by Crippen LogP contribution is 2.39. The fourth-order valence-electron chi connectivity index (χ4n) is 5.81. The van der Waals surface area contributed by atoms with Crippen LogP contribution in [-0.2, 0) is 14.1 Å².